The first kappa shape index (κ1) is 12.2. The SMILES string of the molecule is Cc1ccc(Br)c(F)c1C(C)CC(=O)O. The summed E-state index contributed by atoms with van der Waals surface area (Å²) < 4.78 is 14.1. The van der Waals surface area contributed by atoms with Crippen molar-refractivity contribution in [3.05, 3.63) is 33.5 Å². The highest BCUT2D eigenvalue weighted by Gasteiger charge is 2.18. The van der Waals surface area contributed by atoms with Crippen molar-refractivity contribution in [3.63, 3.8) is 0 Å². The molecule has 1 N–H and O–H groups in total. The Morgan fingerprint density at radius 2 is 2.20 bits per heavy atom. The summed E-state index contributed by atoms with van der Waals surface area (Å²) in [5.41, 5.74) is 1.26. The minimum atomic E-state index is -0.915. The summed E-state index contributed by atoms with van der Waals surface area (Å²) in [4.78, 5) is 10.6. The predicted octanol–water partition coefficient (Wildman–Crippen LogP) is 3.47. The van der Waals surface area contributed by atoms with E-state index in [9.17, 15) is 9.18 Å². The van der Waals surface area contributed by atoms with Gasteiger partial charge >= 0.3 is 5.97 Å². The van der Waals surface area contributed by atoms with E-state index in [2.05, 4.69) is 15.9 Å². The minimum Gasteiger partial charge on any atom is -0.481 e. The highest BCUT2D eigenvalue weighted by Crippen LogP contribution is 2.29. The Balaban J connectivity index is 3.12. The third-order valence-electron chi connectivity index (χ3n) is 2.32. The first-order valence-electron chi connectivity index (χ1n) is 4.59. The number of benzene rings is 1. The average Bonchev–Trinajstić information content (AvgIpc) is 2.11. The van der Waals surface area contributed by atoms with E-state index in [1.54, 1.807) is 26.0 Å². The number of carboxylic acid groups (broad SMARTS) is 1. The van der Waals surface area contributed by atoms with Gasteiger partial charge in [-0.05, 0) is 46.0 Å². The molecule has 0 aliphatic carbocycles. The van der Waals surface area contributed by atoms with Crippen molar-refractivity contribution in [3.8, 4) is 0 Å². The van der Waals surface area contributed by atoms with E-state index in [4.69, 9.17) is 5.11 Å². The van der Waals surface area contributed by atoms with Crippen LogP contribution >= 0.6 is 15.9 Å². The van der Waals surface area contributed by atoms with Gasteiger partial charge in [-0.1, -0.05) is 13.0 Å². The highest BCUT2D eigenvalue weighted by molar-refractivity contribution is 9.10. The van der Waals surface area contributed by atoms with Crippen LogP contribution in [0.2, 0.25) is 0 Å². The van der Waals surface area contributed by atoms with Gasteiger partial charge in [-0.15, -0.1) is 0 Å². The van der Waals surface area contributed by atoms with Crippen LogP contribution in [0.4, 0.5) is 4.39 Å². The van der Waals surface area contributed by atoms with Gasteiger partial charge in [-0.3, -0.25) is 4.79 Å². The lowest BCUT2D eigenvalue weighted by Crippen LogP contribution is -2.07. The van der Waals surface area contributed by atoms with E-state index in [-0.39, 0.29) is 18.2 Å². The average molecular weight is 275 g/mol. The molecule has 1 aromatic rings. The van der Waals surface area contributed by atoms with Crippen LogP contribution in [0.25, 0.3) is 0 Å². The van der Waals surface area contributed by atoms with Crippen molar-refractivity contribution in [1.82, 2.24) is 0 Å². The van der Waals surface area contributed by atoms with Crippen molar-refractivity contribution < 1.29 is 14.3 Å². The zero-order chi connectivity index (χ0) is 11.6. The largest absolute Gasteiger partial charge is 0.481 e. The number of halogens is 2. The topological polar surface area (TPSA) is 37.3 Å². The van der Waals surface area contributed by atoms with E-state index in [1.807, 2.05) is 0 Å². The van der Waals surface area contributed by atoms with Gasteiger partial charge in [0.15, 0.2) is 0 Å². The Morgan fingerprint density at radius 3 is 2.73 bits per heavy atom. The molecule has 0 spiro atoms. The lowest BCUT2D eigenvalue weighted by Gasteiger charge is -2.14. The maximum absolute atomic E-state index is 13.7. The Bertz CT molecular complexity index is 390. The van der Waals surface area contributed by atoms with Gasteiger partial charge in [-0.2, -0.15) is 0 Å². The number of aryl methyl sites for hydroxylation is 1. The third-order valence-corrected chi connectivity index (χ3v) is 2.94. The minimum absolute atomic E-state index is 0.0613. The fourth-order valence-corrected chi connectivity index (χ4v) is 1.98. The summed E-state index contributed by atoms with van der Waals surface area (Å²) in [6, 6.07) is 3.41. The van der Waals surface area contributed by atoms with Gasteiger partial charge in [0.05, 0.1) is 10.9 Å². The Morgan fingerprint density at radius 1 is 1.60 bits per heavy atom. The van der Waals surface area contributed by atoms with Crippen LogP contribution in [0, 0.1) is 12.7 Å². The summed E-state index contributed by atoms with van der Waals surface area (Å²) in [7, 11) is 0. The van der Waals surface area contributed by atoms with Crippen LogP contribution in [0.1, 0.15) is 30.4 Å². The lowest BCUT2D eigenvalue weighted by molar-refractivity contribution is -0.137. The monoisotopic (exact) mass is 274 g/mol. The molecule has 0 aliphatic rings. The van der Waals surface area contributed by atoms with Gasteiger partial charge in [0.25, 0.3) is 0 Å². The second-order valence-corrected chi connectivity index (χ2v) is 4.45. The van der Waals surface area contributed by atoms with Gasteiger partial charge in [0, 0.05) is 0 Å². The molecule has 1 atom stereocenters. The molecule has 2 nitrogen and oxygen atoms in total. The van der Waals surface area contributed by atoms with Crippen molar-refractivity contribution in [2.75, 3.05) is 0 Å². The zero-order valence-corrected chi connectivity index (χ0v) is 10.1. The number of aliphatic carboxylic acids is 1. The molecule has 4 heteroatoms. The molecule has 0 aliphatic heterocycles. The van der Waals surface area contributed by atoms with Gasteiger partial charge in [0.1, 0.15) is 5.82 Å². The molecule has 0 amide bonds. The lowest BCUT2D eigenvalue weighted by atomic mass is 9.93. The summed E-state index contributed by atoms with van der Waals surface area (Å²) in [5, 5.41) is 8.66. The quantitative estimate of drug-likeness (QED) is 0.917. The van der Waals surface area contributed by atoms with Crippen molar-refractivity contribution >= 4 is 21.9 Å². The fraction of sp³-hybridized carbons (Fsp3) is 0.364. The normalized spacial score (nSPS) is 12.5. The van der Waals surface area contributed by atoms with Crippen LogP contribution < -0.4 is 0 Å². The van der Waals surface area contributed by atoms with E-state index < -0.39 is 5.97 Å². The standard InChI is InChI=1S/C11H12BrFO2/c1-6-3-4-8(12)11(13)10(6)7(2)5-9(14)15/h3-4,7H,5H2,1-2H3,(H,14,15). The van der Waals surface area contributed by atoms with Gasteiger partial charge in [0.2, 0.25) is 0 Å². The second-order valence-electron chi connectivity index (χ2n) is 3.59. The summed E-state index contributed by atoms with van der Waals surface area (Å²) in [5.74, 6) is -1.59. The number of hydrogen-bond donors (Lipinski definition) is 1. The van der Waals surface area contributed by atoms with E-state index >= 15 is 0 Å². The molecule has 0 saturated heterocycles. The van der Waals surface area contributed by atoms with Crippen molar-refractivity contribution in [1.29, 1.82) is 0 Å². The molecule has 0 heterocycles. The predicted molar refractivity (Wildman–Crippen MR) is 59.5 cm³/mol. The number of hydrogen-bond acceptors (Lipinski definition) is 1. The molecular weight excluding hydrogens is 263 g/mol. The number of rotatable bonds is 3. The molecule has 0 fully saturated rings. The Hall–Kier alpha value is -0.900. The molecule has 1 aromatic carbocycles. The summed E-state index contributed by atoms with van der Waals surface area (Å²) >= 11 is 3.09. The van der Waals surface area contributed by atoms with Gasteiger partial charge < -0.3 is 5.11 Å². The molecule has 0 aromatic heterocycles. The van der Waals surface area contributed by atoms with Crippen LogP contribution in [0.15, 0.2) is 16.6 Å². The first-order chi connectivity index (χ1) is 6.93. The second kappa shape index (κ2) is 4.75. The van der Waals surface area contributed by atoms with Crippen molar-refractivity contribution in [2.45, 2.75) is 26.2 Å². The molecule has 0 radical (unpaired) electrons. The molecule has 1 unspecified atom stereocenters. The van der Waals surface area contributed by atoms with Crippen LogP contribution in [0.3, 0.4) is 0 Å². The maximum Gasteiger partial charge on any atom is 0.303 e. The van der Waals surface area contributed by atoms with Crippen LogP contribution in [0.5, 0.6) is 0 Å². The third kappa shape index (κ3) is 2.78. The Labute approximate surface area is 96.2 Å². The molecular formula is C11H12BrFO2. The van der Waals surface area contributed by atoms with Crippen molar-refractivity contribution in [2.24, 2.45) is 0 Å². The molecule has 1 rings (SSSR count). The maximum atomic E-state index is 13.7. The molecule has 0 saturated carbocycles. The number of carboxylic acids is 1. The summed E-state index contributed by atoms with van der Waals surface area (Å²) in [6.45, 7) is 3.50. The zero-order valence-electron chi connectivity index (χ0n) is 8.55. The highest BCUT2D eigenvalue weighted by atomic mass is 79.9. The fourth-order valence-electron chi connectivity index (χ4n) is 1.63. The van der Waals surface area contributed by atoms with Crippen LogP contribution in [-0.4, -0.2) is 11.1 Å². The van der Waals surface area contributed by atoms with Crippen LogP contribution in [-0.2, 0) is 4.79 Å². The van der Waals surface area contributed by atoms with E-state index in [0.29, 0.717) is 10.0 Å². The molecule has 82 valence electrons. The summed E-state index contributed by atoms with van der Waals surface area (Å²) in [6.07, 6.45) is -0.0613. The van der Waals surface area contributed by atoms with E-state index in [1.165, 1.54) is 0 Å². The molecule has 15 heavy (non-hydrogen) atoms. The first-order valence-corrected chi connectivity index (χ1v) is 5.39. The molecule has 0 bridgehead atoms. The van der Waals surface area contributed by atoms with E-state index in [0.717, 1.165) is 5.56 Å². The number of carbonyl (C=O) groups is 1. The smallest absolute Gasteiger partial charge is 0.303 e. The Kier molecular flexibility index (Phi) is 3.85. The van der Waals surface area contributed by atoms with Gasteiger partial charge in [-0.25, -0.2) is 4.39 Å².